The van der Waals surface area contributed by atoms with Crippen molar-refractivity contribution in [1.29, 1.82) is 0 Å². The van der Waals surface area contributed by atoms with Gasteiger partial charge in [0.15, 0.2) is 0 Å². The van der Waals surface area contributed by atoms with Crippen molar-refractivity contribution >= 4 is 11.6 Å². The second kappa shape index (κ2) is 6.75. The number of nitrogens with two attached hydrogens (primary N) is 1. The van der Waals surface area contributed by atoms with E-state index < -0.39 is 0 Å². The number of rotatable bonds is 3. The van der Waals surface area contributed by atoms with Gasteiger partial charge < -0.3 is 15.5 Å². The normalized spacial score (nSPS) is 20.7. The van der Waals surface area contributed by atoms with Crippen molar-refractivity contribution in [3.8, 4) is 0 Å². The van der Waals surface area contributed by atoms with Gasteiger partial charge in [0.2, 0.25) is 5.91 Å². The summed E-state index contributed by atoms with van der Waals surface area (Å²) in [6, 6.07) is 8.10. The topological polar surface area (TPSA) is 49.6 Å². The van der Waals surface area contributed by atoms with Crippen LogP contribution in [0.1, 0.15) is 25.3 Å². The molecule has 1 amide bonds. The Labute approximate surface area is 121 Å². The van der Waals surface area contributed by atoms with Crippen LogP contribution in [0.3, 0.4) is 0 Å². The van der Waals surface area contributed by atoms with Crippen LogP contribution in [0.25, 0.3) is 0 Å². The lowest BCUT2D eigenvalue weighted by atomic mass is 10.1. The fourth-order valence-electron chi connectivity index (χ4n) is 2.82. The smallest absolute Gasteiger partial charge is 0.223 e. The summed E-state index contributed by atoms with van der Waals surface area (Å²) in [6.07, 6.45) is 2.44. The van der Waals surface area contributed by atoms with Gasteiger partial charge in [0.25, 0.3) is 0 Å². The molecule has 0 aliphatic carbocycles. The summed E-state index contributed by atoms with van der Waals surface area (Å²) in [5.41, 5.74) is 7.61. The molecule has 1 atom stereocenters. The average molecular weight is 275 g/mol. The molecule has 4 heteroatoms. The van der Waals surface area contributed by atoms with Crippen LogP contribution in [0.15, 0.2) is 24.3 Å². The van der Waals surface area contributed by atoms with Gasteiger partial charge in [-0.2, -0.15) is 0 Å². The Balaban J connectivity index is 1.89. The molecule has 1 fully saturated rings. The molecule has 0 spiro atoms. The summed E-state index contributed by atoms with van der Waals surface area (Å²) >= 11 is 0. The van der Waals surface area contributed by atoms with Gasteiger partial charge >= 0.3 is 0 Å². The minimum Gasteiger partial charge on any atom is -0.399 e. The lowest BCUT2D eigenvalue weighted by Gasteiger charge is -2.28. The van der Waals surface area contributed by atoms with E-state index in [-0.39, 0.29) is 5.91 Å². The fourth-order valence-corrected chi connectivity index (χ4v) is 2.82. The van der Waals surface area contributed by atoms with Crippen LogP contribution in [0, 0.1) is 0 Å². The molecule has 1 aromatic carbocycles. The highest BCUT2D eigenvalue weighted by molar-refractivity contribution is 5.76. The van der Waals surface area contributed by atoms with Crippen LogP contribution < -0.4 is 5.73 Å². The third-order valence-corrected chi connectivity index (χ3v) is 3.97. The standard InChI is InChI=1S/C16H25N3O/c1-13-12-18(2)10-3-11-19(13)16(20)9-6-14-4-7-15(17)8-5-14/h4-5,7-8,13H,3,6,9-12,17H2,1-2H3. The second-order valence-electron chi connectivity index (χ2n) is 5.79. The molecule has 1 aliphatic heterocycles. The SMILES string of the molecule is CC1CN(C)CCCN1C(=O)CCc1ccc(N)cc1. The van der Waals surface area contributed by atoms with E-state index in [1.807, 2.05) is 29.2 Å². The number of nitrogen functional groups attached to an aromatic ring is 1. The third kappa shape index (κ3) is 3.97. The average Bonchev–Trinajstić information content (AvgIpc) is 2.58. The van der Waals surface area contributed by atoms with Crippen LogP contribution in [-0.4, -0.2) is 48.4 Å². The Hall–Kier alpha value is -1.55. The Morgan fingerprint density at radius 1 is 1.30 bits per heavy atom. The van der Waals surface area contributed by atoms with Crippen molar-refractivity contribution in [3.05, 3.63) is 29.8 Å². The molecule has 1 aliphatic rings. The van der Waals surface area contributed by atoms with Gasteiger partial charge in [0.05, 0.1) is 0 Å². The number of hydrogen-bond acceptors (Lipinski definition) is 3. The van der Waals surface area contributed by atoms with E-state index in [0.717, 1.165) is 38.2 Å². The summed E-state index contributed by atoms with van der Waals surface area (Å²) in [4.78, 5) is 16.7. The molecule has 110 valence electrons. The van der Waals surface area contributed by atoms with E-state index in [4.69, 9.17) is 5.73 Å². The van der Waals surface area contributed by atoms with E-state index in [1.165, 1.54) is 5.56 Å². The van der Waals surface area contributed by atoms with Gasteiger partial charge in [-0.1, -0.05) is 12.1 Å². The van der Waals surface area contributed by atoms with E-state index in [9.17, 15) is 4.79 Å². The first-order valence-electron chi connectivity index (χ1n) is 7.38. The number of nitrogens with zero attached hydrogens (tertiary/aromatic N) is 2. The number of aryl methyl sites for hydroxylation is 1. The first-order chi connectivity index (χ1) is 9.56. The van der Waals surface area contributed by atoms with Gasteiger partial charge in [-0.05, 0) is 51.1 Å². The van der Waals surface area contributed by atoms with Crippen LogP contribution in [0.5, 0.6) is 0 Å². The molecular weight excluding hydrogens is 250 g/mol. The highest BCUT2D eigenvalue weighted by Crippen LogP contribution is 2.13. The summed E-state index contributed by atoms with van der Waals surface area (Å²) < 4.78 is 0. The summed E-state index contributed by atoms with van der Waals surface area (Å²) in [5.74, 6) is 0.268. The molecule has 1 saturated heterocycles. The molecule has 1 aromatic rings. The highest BCUT2D eigenvalue weighted by Gasteiger charge is 2.23. The third-order valence-electron chi connectivity index (χ3n) is 3.97. The number of amides is 1. The van der Waals surface area contributed by atoms with Crippen LogP contribution in [0.2, 0.25) is 0 Å². The fraction of sp³-hybridized carbons (Fsp3) is 0.562. The molecule has 2 N–H and O–H groups in total. The lowest BCUT2D eigenvalue weighted by molar-refractivity contribution is -0.133. The zero-order chi connectivity index (χ0) is 14.5. The maximum absolute atomic E-state index is 12.4. The van der Waals surface area contributed by atoms with Gasteiger partial charge in [-0.3, -0.25) is 4.79 Å². The zero-order valence-electron chi connectivity index (χ0n) is 12.5. The van der Waals surface area contributed by atoms with Crippen molar-refractivity contribution in [1.82, 2.24) is 9.80 Å². The van der Waals surface area contributed by atoms with E-state index in [0.29, 0.717) is 12.5 Å². The summed E-state index contributed by atoms with van der Waals surface area (Å²) in [7, 11) is 2.12. The Bertz CT molecular complexity index is 444. The van der Waals surface area contributed by atoms with E-state index in [1.54, 1.807) is 0 Å². The first kappa shape index (κ1) is 14.9. The Kier molecular flexibility index (Phi) is 5.01. The van der Waals surface area contributed by atoms with Crippen molar-refractivity contribution in [2.24, 2.45) is 0 Å². The number of anilines is 1. The van der Waals surface area contributed by atoms with Gasteiger partial charge in [-0.15, -0.1) is 0 Å². The number of likely N-dealkylation sites (N-methyl/N-ethyl adjacent to an activating group) is 1. The summed E-state index contributed by atoms with van der Waals surface area (Å²) in [5, 5.41) is 0. The molecule has 4 nitrogen and oxygen atoms in total. The minimum absolute atomic E-state index is 0.268. The minimum atomic E-state index is 0.268. The van der Waals surface area contributed by atoms with Crippen LogP contribution in [0.4, 0.5) is 5.69 Å². The Morgan fingerprint density at radius 3 is 2.70 bits per heavy atom. The van der Waals surface area contributed by atoms with Crippen molar-refractivity contribution in [2.45, 2.75) is 32.2 Å². The molecule has 2 rings (SSSR count). The van der Waals surface area contributed by atoms with Crippen LogP contribution >= 0.6 is 0 Å². The Morgan fingerprint density at radius 2 is 2.00 bits per heavy atom. The number of benzene rings is 1. The van der Waals surface area contributed by atoms with Crippen molar-refractivity contribution in [2.75, 3.05) is 32.4 Å². The zero-order valence-corrected chi connectivity index (χ0v) is 12.5. The molecule has 1 unspecified atom stereocenters. The monoisotopic (exact) mass is 275 g/mol. The van der Waals surface area contributed by atoms with Gasteiger partial charge in [0, 0.05) is 31.2 Å². The van der Waals surface area contributed by atoms with Crippen molar-refractivity contribution in [3.63, 3.8) is 0 Å². The predicted molar refractivity (Wildman–Crippen MR) is 82.5 cm³/mol. The molecule has 0 bridgehead atoms. The molecule has 0 radical (unpaired) electrons. The summed E-state index contributed by atoms with van der Waals surface area (Å²) in [6.45, 7) is 5.06. The van der Waals surface area contributed by atoms with Crippen molar-refractivity contribution < 1.29 is 4.79 Å². The number of hydrogen-bond donors (Lipinski definition) is 1. The molecule has 0 saturated carbocycles. The number of carbonyl (C=O) groups excluding carboxylic acids is 1. The molecule has 0 aromatic heterocycles. The predicted octanol–water partition coefficient (Wildman–Crippen LogP) is 1.75. The molecular formula is C16H25N3O. The molecule has 1 heterocycles. The van der Waals surface area contributed by atoms with E-state index in [2.05, 4.69) is 18.9 Å². The molecule has 20 heavy (non-hydrogen) atoms. The van der Waals surface area contributed by atoms with Gasteiger partial charge in [-0.25, -0.2) is 0 Å². The second-order valence-corrected chi connectivity index (χ2v) is 5.79. The maximum atomic E-state index is 12.4. The first-order valence-corrected chi connectivity index (χ1v) is 7.38. The van der Waals surface area contributed by atoms with Gasteiger partial charge in [0.1, 0.15) is 0 Å². The largest absolute Gasteiger partial charge is 0.399 e. The van der Waals surface area contributed by atoms with Crippen LogP contribution in [-0.2, 0) is 11.2 Å². The van der Waals surface area contributed by atoms with E-state index >= 15 is 0 Å². The highest BCUT2D eigenvalue weighted by atomic mass is 16.2. The maximum Gasteiger partial charge on any atom is 0.223 e. The number of carbonyl (C=O) groups is 1. The quantitative estimate of drug-likeness (QED) is 0.855. The lowest BCUT2D eigenvalue weighted by Crippen LogP contribution is -2.42.